The molecule has 1 fully saturated rings. The highest BCUT2D eigenvalue weighted by atomic mass is 32.2. The number of likely N-dealkylation sites (N-methyl/N-ethyl adjacent to an activating group) is 1. The second-order valence-corrected chi connectivity index (χ2v) is 10.3. The molecule has 1 N–H and O–H groups in total. The molecule has 0 spiro atoms. The van der Waals surface area contributed by atoms with Crippen molar-refractivity contribution in [1.82, 2.24) is 9.21 Å². The Bertz CT molecular complexity index is 910. The van der Waals surface area contributed by atoms with Crippen LogP contribution < -0.4 is 4.74 Å². The summed E-state index contributed by atoms with van der Waals surface area (Å²) in [6.07, 6.45) is 5.24. The van der Waals surface area contributed by atoms with E-state index in [4.69, 9.17) is 4.74 Å². The summed E-state index contributed by atoms with van der Waals surface area (Å²) in [6, 6.07) is 4.46. The minimum absolute atomic E-state index is 0.0872. The average molecular weight is 437 g/mol. The molecular formula is C22H32N2O5S. The zero-order chi connectivity index (χ0) is 22.1. The van der Waals surface area contributed by atoms with Crippen LogP contribution in [0, 0.1) is 11.8 Å². The van der Waals surface area contributed by atoms with Gasteiger partial charge in [-0.3, -0.25) is 4.79 Å². The number of rotatable bonds is 6. The van der Waals surface area contributed by atoms with Crippen LogP contribution in [0.4, 0.5) is 0 Å². The summed E-state index contributed by atoms with van der Waals surface area (Å²) in [5, 5.41) is 9.68. The number of nitrogens with zero attached hydrogens (tertiary/aromatic N) is 2. The number of aliphatic hydroxyl groups is 1. The molecular weight excluding hydrogens is 404 g/mol. The van der Waals surface area contributed by atoms with Gasteiger partial charge in [-0.2, -0.15) is 4.31 Å². The van der Waals surface area contributed by atoms with E-state index in [-0.39, 0.29) is 47.6 Å². The number of fused-ring (bicyclic) bond motifs is 1. The summed E-state index contributed by atoms with van der Waals surface area (Å²) in [4.78, 5) is 14.3. The summed E-state index contributed by atoms with van der Waals surface area (Å²) >= 11 is 0. The number of benzene rings is 1. The van der Waals surface area contributed by atoms with Gasteiger partial charge in [-0.15, -0.1) is 0 Å². The maximum atomic E-state index is 13.4. The van der Waals surface area contributed by atoms with Crippen molar-refractivity contribution in [2.45, 2.75) is 50.7 Å². The third-order valence-electron chi connectivity index (χ3n) is 5.81. The number of hydrogen-bond acceptors (Lipinski definition) is 5. The number of ether oxygens (including phenoxy) is 1. The molecule has 0 saturated heterocycles. The molecule has 0 unspecified atom stereocenters. The third-order valence-corrected chi connectivity index (χ3v) is 7.83. The minimum atomic E-state index is -3.85. The summed E-state index contributed by atoms with van der Waals surface area (Å²) < 4.78 is 34.4. The quantitative estimate of drug-likeness (QED) is 0.740. The fraction of sp³-hybridized carbons (Fsp3) is 0.591. The summed E-state index contributed by atoms with van der Waals surface area (Å²) in [5.41, 5.74) is 0.836. The molecule has 1 aromatic rings. The van der Waals surface area contributed by atoms with E-state index in [1.165, 1.54) is 4.31 Å². The van der Waals surface area contributed by atoms with Crippen LogP contribution >= 0.6 is 0 Å². The van der Waals surface area contributed by atoms with Crippen molar-refractivity contribution in [3.63, 3.8) is 0 Å². The number of carbonyl (C=O) groups is 1. The van der Waals surface area contributed by atoms with Crippen LogP contribution in [0.3, 0.4) is 0 Å². The van der Waals surface area contributed by atoms with E-state index in [9.17, 15) is 18.3 Å². The van der Waals surface area contributed by atoms with E-state index in [0.717, 1.165) is 18.4 Å². The second-order valence-electron chi connectivity index (χ2n) is 8.44. The molecule has 0 aromatic heterocycles. The number of aliphatic hydroxyl groups excluding tert-OH is 1. The smallest absolute Gasteiger partial charge is 0.247 e. The van der Waals surface area contributed by atoms with Gasteiger partial charge in [0.15, 0.2) is 0 Å². The highest BCUT2D eigenvalue weighted by Crippen LogP contribution is 2.35. The molecule has 0 radical (unpaired) electrons. The SMILES string of the molecule is C/C=C/c1ccc2c(c1)O[C@@H](CN(C)C(=O)C1CC1)[C@@H](C)CN([C@@H](C)CO)S2(=O)=O. The molecule has 1 aliphatic carbocycles. The van der Waals surface area contributed by atoms with E-state index >= 15 is 0 Å². The van der Waals surface area contributed by atoms with Crippen molar-refractivity contribution in [2.75, 3.05) is 26.7 Å². The predicted molar refractivity (Wildman–Crippen MR) is 116 cm³/mol. The number of allylic oxidation sites excluding steroid dienone is 1. The predicted octanol–water partition coefficient (Wildman–Crippen LogP) is 2.36. The molecule has 3 atom stereocenters. The van der Waals surface area contributed by atoms with Crippen molar-refractivity contribution in [3.05, 3.63) is 29.8 Å². The normalized spacial score (nSPS) is 25.1. The monoisotopic (exact) mass is 436 g/mol. The summed E-state index contributed by atoms with van der Waals surface area (Å²) in [5.74, 6) is 0.328. The number of amides is 1. The Balaban J connectivity index is 2.01. The second kappa shape index (κ2) is 9.08. The van der Waals surface area contributed by atoms with Crippen LogP contribution in [0.2, 0.25) is 0 Å². The molecule has 0 bridgehead atoms. The molecule has 2 aliphatic rings. The van der Waals surface area contributed by atoms with Crippen LogP contribution in [0.1, 0.15) is 39.2 Å². The van der Waals surface area contributed by atoms with Crippen molar-refractivity contribution in [1.29, 1.82) is 0 Å². The van der Waals surface area contributed by atoms with E-state index in [2.05, 4.69) is 0 Å². The van der Waals surface area contributed by atoms with Crippen molar-refractivity contribution < 1.29 is 23.1 Å². The molecule has 1 saturated carbocycles. The van der Waals surface area contributed by atoms with Gasteiger partial charge in [0.25, 0.3) is 0 Å². The lowest BCUT2D eigenvalue weighted by molar-refractivity contribution is -0.132. The molecule has 7 nitrogen and oxygen atoms in total. The lowest BCUT2D eigenvalue weighted by Crippen LogP contribution is -2.50. The molecule has 1 aromatic carbocycles. The molecule has 1 amide bonds. The average Bonchev–Trinajstić information content (AvgIpc) is 3.55. The first-order chi connectivity index (χ1) is 14.2. The van der Waals surface area contributed by atoms with Gasteiger partial charge in [0.2, 0.25) is 15.9 Å². The van der Waals surface area contributed by atoms with Crippen LogP contribution in [-0.2, 0) is 14.8 Å². The zero-order valence-corrected chi connectivity index (χ0v) is 18.9. The Morgan fingerprint density at radius 1 is 1.40 bits per heavy atom. The fourth-order valence-corrected chi connectivity index (χ4v) is 5.58. The highest BCUT2D eigenvalue weighted by molar-refractivity contribution is 7.89. The van der Waals surface area contributed by atoms with E-state index in [1.807, 2.05) is 26.0 Å². The van der Waals surface area contributed by atoms with Crippen molar-refractivity contribution in [3.8, 4) is 5.75 Å². The number of carbonyl (C=O) groups excluding carboxylic acids is 1. The largest absolute Gasteiger partial charge is 0.487 e. The lowest BCUT2D eigenvalue weighted by Gasteiger charge is -2.37. The van der Waals surface area contributed by atoms with Crippen LogP contribution in [0.5, 0.6) is 5.75 Å². The summed E-state index contributed by atoms with van der Waals surface area (Å²) in [6.45, 7) is 5.82. The van der Waals surface area contributed by atoms with E-state index < -0.39 is 16.1 Å². The zero-order valence-electron chi connectivity index (χ0n) is 18.1. The van der Waals surface area contributed by atoms with E-state index in [1.54, 1.807) is 37.1 Å². The molecule has 1 aliphatic heterocycles. The molecule has 3 rings (SSSR count). The maximum absolute atomic E-state index is 13.4. The number of hydrogen-bond donors (Lipinski definition) is 1. The first kappa shape index (κ1) is 22.8. The molecule has 166 valence electrons. The van der Waals surface area contributed by atoms with Gasteiger partial charge in [-0.05, 0) is 44.4 Å². The Labute approximate surface area is 179 Å². The lowest BCUT2D eigenvalue weighted by atomic mass is 10.0. The van der Waals surface area contributed by atoms with Crippen LogP contribution in [-0.4, -0.2) is 67.5 Å². The van der Waals surface area contributed by atoms with Gasteiger partial charge in [-0.25, -0.2) is 8.42 Å². The Hall–Kier alpha value is -1.90. The standard InChI is InChI=1S/C22H32N2O5S/c1-5-6-17-7-10-21-19(11-17)29-20(13-23(4)22(26)18-8-9-18)15(2)12-24(16(3)14-25)30(21,27)28/h5-7,10-11,15-16,18,20,25H,8-9,12-14H2,1-4H3/b6-5+/t15-,16-,20-/m0/s1. The summed E-state index contributed by atoms with van der Waals surface area (Å²) in [7, 11) is -2.07. The molecule has 30 heavy (non-hydrogen) atoms. The first-order valence-corrected chi connectivity index (χ1v) is 11.9. The van der Waals surface area contributed by atoms with Gasteiger partial charge >= 0.3 is 0 Å². The Kier molecular flexibility index (Phi) is 6.89. The van der Waals surface area contributed by atoms with Crippen LogP contribution in [0.25, 0.3) is 6.08 Å². The van der Waals surface area contributed by atoms with Crippen molar-refractivity contribution in [2.24, 2.45) is 11.8 Å². The van der Waals surface area contributed by atoms with Gasteiger partial charge < -0.3 is 14.7 Å². The van der Waals surface area contributed by atoms with Gasteiger partial charge in [-0.1, -0.05) is 25.1 Å². The molecule has 8 heteroatoms. The van der Waals surface area contributed by atoms with Gasteiger partial charge in [0.1, 0.15) is 16.7 Å². The Morgan fingerprint density at radius 2 is 2.10 bits per heavy atom. The molecule has 1 heterocycles. The fourth-order valence-electron chi connectivity index (χ4n) is 3.76. The Morgan fingerprint density at radius 3 is 2.70 bits per heavy atom. The van der Waals surface area contributed by atoms with Crippen LogP contribution in [0.15, 0.2) is 29.2 Å². The van der Waals surface area contributed by atoms with Gasteiger partial charge in [0.05, 0.1) is 13.2 Å². The highest BCUT2D eigenvalue weighted by Gasteiger charge is 2.39. The topological polar surface area (TPSA) is 87.2 Å². The number of sulfonamides is 1. The van der Waals surface area contributed by atoms with E-state index in [0.29, 0.717) is 6.54 Å². The van der Waals surface area contributed by atoms with Crippen molar-refractivity contribution >= 4 is 22.0 Å². The maximum Gasteiger partial charge on any atom is 0.247 e. The first-order valence-electron chi connectivity index (χ1n) is 10.5. The minimum Gasteiger partial charge on any atom is -0.487 e. The third kappa shape index (κ3) is 4.71. The van der Waals surface area contributed by atoms with Gasteiger partial charge in [0, 0.05) is 31.5 Å².